The molecule has 2 aliphatic rings. The molecule has 0 unspecified atom stereocenters. The lowest BCUT2D eigenvalue weighted by atomic mass is 10.1. The molecule has 5 rings (SSSR count). The number of hydrogen-bond acceptors (Lipinski definition) is 4. The highest BCUT2D eigenvalue weighted by atomic mass is 16.2. The maximum absolute atomic E-state index is 13.0. The van der Waals surface area contributed by atoms with Crippen molar-refractivity contribution < 1.29 is 9.59 Å². The number of carbonyl (C=O) groups excluding carboxylic acids is 2. The van der Waals surface area contributed by atoms with Gasteiger partial charge in [-0.2, -0.15) is 14.8 Å². The molecule has 2 aromatic carbocycles. The third-order valence-electron chi connectivity index (χ3n) is 5.33. The molecule has 1 saturated carbocycles. The maximum Gasteiger partial charge on any atom is 0.281 e. The minimum atomic E-state index is -0.451. The normalized spacial score (nSPS) is 16.4. The fourth-order valence-electron chi connectivity index (χ4n) is 3.39. The Labute approximate surface area is 172 Å². The Morgan fingerprint density at radius 2 is 1.87 bits per heavy atom. The van der Waals surface area contributed by atoms with Crippen molar-refractivity contribution >= 4 is 40.1 Å². The molecule has 0 saturated heterocycles. The summed E-state index contributed by atoms with van der Waals surface area (Å²) in [5, 5.41) is 9.53. The first-order valence-electron chi connectivity index (χ1n) is 9.77. The lowest BCUT2D eigenvalue weighted by molar-refractivity contribution is -0.113. The standard InChI is InChI=1S/C23H19N5O2/c1-13-14(2)24-23(26-21(13)29)28-20(12-19(27-28)16-8-9-16)25-22(30)18-10-7-15-5-3-4-6-17(15)11-18/h3-7,10-12,16H,1,8-9H2,2H3,(H,25,30). The Bertz CT molecular complexity index is 1290. The predicted molar refractivity (Wildman–Crippen MR) is 116 cm³/mol. The first kappa shape index (κ1) is 18.2. The average Bonchev–Trinajstić information content (AvgIpc) is 3.52. The number of amides is 2. The van der Waals surface area contributed by atoms with E-state index in [0.29, 0.717) is 23.0 Å². The van der Waals surface area contributed by atoms with Crippen LogP contribution in [0.2, 0.25) is 0 Å². The summed E-state index contributed by atoms with van der Waals surface area (Å²) in [6.45, 7) is 5.40. The summed E-state index contributed by atoms with van der Waals surface area (Å²) in [6.07, 6.45) is 2.11. The van der Waals surface area contributed by atoms with Crippen molar-refractivity contribution in [3.05, 3.63) is 71.9 Å². The molecule has 1 aromatic heterocycles. The number of fused-ring (bicyclic) bond motifs is 1. The smallest absolute Gasteiger partial charge is 0.281 e. The molecular weight excluding hydrogens is 378 g/mol. The third kappa shape index (κ3) is 3.24. The molecule has 1 N–H and O–H groups in total. The van der Waals surface area contributed by atoms with Crippen LogP contribution in [0.3, 0.4) is 0 Å². The van der Waals surface area contributed by atoms with Crippen molar-refractivity contribution in [2.45, 2.75) is 25.7 Å². The first-order valence-corrected chi connectivity index (χ1v) is 9.77. The van der Waals surface area contributed by atoms with Gasteiger partial charge in [-0.25, -0.2) is 4.99 Å². The molecule has 3 aromatic rings. The molecule has 7 heteroatoms. The van der Waals surface area contributed by atoms with Crippen LogP contribution in [-0.4, -0.2) is 33.3 Å². The zero-order valence-electron chi connectivity index (χ0n) is 16.4. The van der Waals surface area contributed by atoms with Crippen molar-refractivity contribution in [1.82, 2.24) is 9.78 Å². The molecule has 1 aliphatic heterocycles. The second kappa shape index (κ2) is 6.88. The summed E-state index contributed by atoms with van der Waals surface area (Å²) in [6, 6.07) is 15.2. The zero-order valence-corrected chi connectivity index (χ0v) is 16.4. The van der Waals surface area contributed by atoms with Crippen molar-refractivity contribution in [3.63, 3.8) is 0 Å². The number of nitrogens with one attached hydrogen (secondary N) is 1. The van der Waals surface area contributed by atoms with Gasteiger partial charge in [-0.3, -0.25) is 9.59 Å². The summed E-state index contributed by atoms with van der Waals surface area (Å²) in [5.74, 6) is 0.212. The summed E-state index contributed by atoms with van der Waals surface area (Å²) in [5.41, 5.74) is 2.13. The first-order chi connectivity index (χ1) is 14.5. The van der Waals surface area contributed by atoms with Crippen LogP contribution in [0.5, 0.6) is 0 Å². The van der Waals surface area contributed by atoms with E-state index in [2.05, 4.69) is 27.0 Å². The summed E-state index contributed by atoms with van der Waals surface area (Å²) in [7, 11) is 0. The lowest BCUT2D eigenvalue weighted by Crippen LogP contribution is -2.25. The number of aliphatic imine (C=N–C) groups is 2. The Kier molecular flexibility index (Phi) is 4.17. The lowest BCUT2D eigenvalue weighted by Gasteiger charge is -2.13. The molecular formula is C23H19N5O2. The van der Waals surface area contributed by atoms with Crippen LogP contribution in [0.25, 0.3) is 10.8 Å². The van der Waals surface area contributed by atoms with Gasteiger partial charge >= 0.3 is 0 Å². The number of carbonyl (C=O) groups is 2. The van der Waals surface area contributed by atoms with Crippen LogP contribution in [-0.2, 0) is 4.79 Å². The molecule has 0 bridgehead atoms. The Morgan fingerprint density at radius 1 is 1.10 bits per heavy atom. The predicted octanol–water partition coefficient (Wildman–Crippen LogP) is 3.93. The molecule has 1 aliphatic carbocycles. The van der Waals surface area contributed by atoms with Crippen molar-refractivity contribution in [2.24, 2.45) is 9.98 Å². The molecule has 2 heterocycles. The van der Waals surface area contributed by atoms with Crippen molar-refractivity contribution in [3.8, 4) is 0 Å². The fraction of sp³-hybridized carbons (Fsp3) is 0.174. The topological polar surface area (TPSA) is 88.7 Å². The number of hydrogen-bond donors (Lipinski definition) is 1. The van der Waals surface area contributed by atoms with Gasteiger partial charge in [0.1, 0.15) is 5.82 Å². The van der Waals surface area contributed by atoms with Gasteiger partial charge in [-0.05, 0) is 42.7 Å². The largest absolute Gasteiger partial charge is 0.306 e. The highest BCUT2D eigenvalue weighted by Gasteiger charge is 2.29. The number of benzene rings is 2. The van der Waals surface area contributed by atoms with Gasteiger partial charge in [0.05, 0.1) is 17.0 Å². The SMILES string of the molecule is C=C1C(=O)N=C(n2nc(C3CC3)cc2NC(=O)c2ccc3ccccc3c2)N=C1C. The van der Waals surface area contributed by atoms with Gasteiger partial charge in [-0.15, -0.1) is 0 Å². The highest BCUT2D eigenvalue weighted by Crippen LogP contribution is 2.40. The van der Waals surface area contributed by atoms with Crippen LogP contribution < -0.4 is 5.32 Å². The van der Waals surface area contributed by atoms with E-state index in [-0.39, 0.29) is 17.4 Å². The molecule has 7 nitrogen and oxygen atoms in total. The minimum absolute atomic E-state index is 0.130. The minimum Gasteiger partial charge on any atom is -0.306 e. The quantitative estimate of drug-likeness (QED) is 0.679. The summed E-state index contributed by atoms with van der Waals surface area (Å²) < 4.78 is 1.43. The Balaban J connectivity index is 1.50. The molecule has 0 atom stereocenters. The van der Waals surface area contributed by atoms with E-state index >= 15 is 0 Å². The summed E-state index contributed by atoms with van der Waals surface area (Å²) in [4.78, 5) is 33.4. The van der Waals surface area contributed by atoms with Gasteiger partial charge in [0.2, 0.25) is 0 Å². The number of rotatable bonds is 3. The molecule has 148 valence electrons. The Hall–Kier alpha value is -3.87. The highest BCUT2D eigenvalue weighted by molar-refractivity contribution is 6.28. The second-order valence-corrected chi connectivity index (χ2v) is 7.55. The zero-order chi connectivity index (χ0) is 20.8. The van der Waals surface area contributed by atoms with E-state index < -0.39 is 5.91 Å². The summed E-state index contributed by atoms with van der Waals surface area (Å²) >= 11 is 0. The van der Waals surface area contributed by atoms with Crippen molar-refractivity contribution in [1.29, 1.82) is 0 Å². The van der Waals surface area contributed by atoms with E-state index in [9.17, 15) is 9.59 Å². The fourth-order valence-corrected chi connectivity index (χ4v) is 3.39. The second-order valence-electron chi connectivity index (χ2n) is 7.55. The van der Waals surface area contributed by atoms with E-state index in [4.69, 9.17) is 0 Å². The van der Waals surface area contributed by atoms with Crippen molar-refractivity contribution in [2.75, 3.05) is 5.32 Å². The van der Waals surface area contributed by atoms with Gasteiger partial charge in [0, 0.05) is 17.5 Å². The van der Waals surface area contributed by atoms with E-state index in [1.807, 2.05) is 42.5 Å². The molecule has 30 heavy (non-hydrogen) atoms. The molecule has 2 amide bonds. The average molecular weight is 397 g/mol. The van der Waals surface area contributed by atoms with E-state index in [0.717, 1.165) is 29.3 Å². The van der Waals surface area contributed by atoms with Gasteiger partial charge in [0.15, 0.2) is 0 Å². The molecule has 1 fully saturated rings. The van der Waals surface area contributed by atoms with Crippen LogP contribution >= 0.6 is 0 Å². The third-order valence-corrected chi connectivity index (χ3v) is 5.33. The van der Waals surface area contributed by atoms with Gasteiger partial charge in [-0.1, -0.05) is 36.9 Å². The maximum atomic E-state index is 13.0. The van der Waals surface area contributed by atoms with Crippen LogP contribution in [0.1, 0.15) is 41.7 Å². The molecule has 0 spiro atoms. The van der Waals surface area contributed by atoms with Crippen LogP contribution in [0.4, 0.5) is 5.82 Å². The number of aromatic nitrogens is 2. The van der Waals surface area contributed by atoms with Crippen LogP contribution in [0.15, 0.2) is 70.7 Å². The monoisotopic (exact) mass is 397 g/mol. The van der Waals surface area contributed by atoms with Crippen LogP contribution in [0, 0.1) is 0 Å². The van der Waals surface area contributed by atoms with Gasteiger partial charge in [0.25, 0.3) is 17.8 Å². The number of anilines is 1. The van der Waals surface area contributed by atoms with E-state index in [1.165, 1.54) is 4.68 Å². The van der Waals surface area contributed by atoms with E-state index in [1.54, 1.807) is 13.0 Å². The molecule has 0 radical (unpaired) electrons. The number of nitrogens with zero attached hydrogens (tertiary/aromatic N) is 4. The van der Waals surface area contributed by atoms with Gasteiger partial charge < -0.3 is 5.32 Å². The Morgan fingerprint density at radius 3 is 2.60 bits per heavy atom.